The van der Waals surface area contributed by atoms with E-state index in [1.165, 1.54) is 0 Å². The third kappa shape index (κ3) is 1.75. The van der Waals surface area contributed by atoms with Crippen molar-refractivity contribution in [1.29, 1.82) is 0 Å². The Morgan fingerprint density at radius 1 is 1.54 bits per heavy atom. The second-order valence-electron chi connectivity index (χ2n) is 3.69. The van der Waals surface area contributed by atoms with Gasteiger partial charge in [0.2, 0.25) is 0 Å². The lowest BCUT2D eigenvalue weighted by Crippen LogP contribution is -2.02. The normalized spacial score (nSPS) is 25.7. The van der Waals surface area contributed by atoms with Crippen LogP contribution >= 0.6 is 11.6 Å². The van der Waals surface area contributed by atoms with Gasteiger partial charge in [-0.3, -0.25) is 4.79 Å². The van der Waals surface area contributed by atoms with Crippen LogP contribution in [0.4, 0.5) is 0 Å². The molecule has 1 aromatic rings. The summed E-state index contributed by atoms with van der Waals surface area (Å²) in [7, 11) is 0. The van der Waals surface area contributed by atoms with Crippen LogP contribution in [0.15, 0.2) is 24.3 Å². The van der Waals surface area contributed by atoms with E-state index in [-0.39, 0.29) is 11.7 Å². The van der Waals surface area contributed by atoms with Gasteiger partial charge in [-0.15, -0.1) is 0 Å². The fourth-order valence-corrected chi connectivity index (χ4v) is 1.73. The zero-order valence-corrected chi connectivity index (χ0v) is 8.21. The minimum Gasteiger partial charge on any atom is -0.294 e. The van der Waals surface area contributed by atoms with Gasteiger partial charge in [0.1, 0.15) is 0 Å². The van der Waals surface area contributed by atoms with Crippen molar-refractivity contribution in [3.8, 4) is 0 Å². The molecule has 0 aliphatic heterocycles. The quantitative estimate of drug-likeness (QED) is 0.661. The zero-order valence-electron chi connectivity index (χ0n) is 7.46. The summed E-state index contributed by atoms with van der Waals surface area (Å²) >= 11 is 5.80. The monoisotopic (exact) mass is 194 g/mol. The topological polar surface area (TPSA) is 17.1 Å². The first kappa shape index (κ1) is 8.76. The smallest absolute Gasteiger partial charge is 0.166 e. The minimum atomic E-state index is 0.245. The first-order valence-corrected chi connectivity index (χ1v) is 4.86. The largest absolute Gasteiger partial charge is 0.294 e. The lowest BCUT2D eigenvalue weighted by molar-refractivity contribution is 0.0962. The summed E-state index contributed by atoms with van der Waals surface area (Å²) < 4.78 is 0. The van der Waals surface area contributed by atoms with Crippen molar-refractivity contribution in [3.05, 3.63) is 34.9 Å². The number of rotatable bonds is 2. The molecule has 0 bridgehead atoms. The fourth-order valence-electron chi connectivity index (χ4n) is 1.54. The summed E-state index contributed by atoms with van der Waals surface area (Å²) in [5.41, 5.74) is 0.752. The Balaban J connectivity index is 2.21. The molecule has 1 fully saturated rings. The zero-order chi connectivity index (χ0) is 9.42. The van der Waals surface area contributed by atoms with Gasteiger partial charge in [-0.1, -0.05) is 30.7 Å². The molecule has 1 aliphatic carbocycles. The minimum absolute atomic E-state index is 0.245. The number of hydrogen-bond acceptors (Lipinski definition) is 1. The van der Waals surface area contributed by atoms with Gasteiger partial charge in [-0.05, 0) is 24.5 Å². The molecule has 68 valence electrons. The van der Waals surface area contributed by atoms with Crippen LogP contribution in [0.2, 0.25) is 5.02 Å². The summed E-state index contributed by atoms with van der Waals surface area (Å²) in [6.07, 6.45) is 1.03. The van der Waals surface area contributed by atoms with Crippen molar-refractivity contribution >= 4 is 17.4 Å². The maximum absolute atomic E-state index is 11.7. The molecule has 0 radical (unpaired) electrons. The fraction of sp³-hybridized carbons (Fsp3) is 0.364. The third-order valence-electron chi connectivity index (χ3n) is 2.56. The second kappa shape index (κ2) is 3.15. The lowest BCUT2D eigenvalue weighted by Gasteiger charge is -1.98. The number of carbonyl (C=O) groups is 1. The molecule has 2 rings (SSSR count). The summed E-state index contributed by atoms with van der Waals surface area (Å²) in [5, 5.41) is 0.638. The van der Waals surface area contributed by atoms with E-state index in [9.17, 15) is 4.79 Å². The van der Waals surface area contributed by atoms with Crippen LogP contribution in [0.5, 0.6) is 0 Å². The summed E-state index contributed by atoms with van der Waals surface area (Å²) in [5.74, 6) is 1.06. The van der Waals surface area contributed by atoms with Gasteiger partial charge >= 0.3 is 0 Å². The van der Waals surface area contributed by atoms with Crippen LogP contribution in [0.1, 0.15) is 23.7 Å². The van der Waals surface area contributed by atoms with E-state index in [0.29, 0.717) is 10.9 Å². The molecule has 13 heavy (non-hydrogen) atoms. The summed E-state index contributed by atoms with van der Waals surface area (Å²) in [6, 6.07) is 7.19. The molecule has 0 N–H and O–H groups in total. The van der Waals surface area contributed by atoms with Gasteiger partial charge < -0.3 is 0 Å². The maximum Gasteiger partial charge on any atom is 0.166 e. The van der Waals surface area contributed by atoms with Crippen molar-refractivity contribution in [3.63, 3.8) is 0 Å². The average molecular weight is 195 g/mol. The third-order valence-corrected chi connectivity index (χ3v) is 2.79. The van der Waals surface area contributed by atoms with Gasteiger partial charge in [0.05, 0.1) is 0 Å². The lowest BCUT2D eigenvalue weighted by atomic mass is 10.1. The van der Waals surface area contributed by atoms with E-state index in [1.54, 1.807) is 12.1 Å². The first-order valence-electron chi connectivity index (χ1n) is 4.48. The van der Waals surface area contributed by atoms with Crippen LogP contribution in [-0.2, 0) is 0 Å². The van der Waals surface area contributed by atoms with E-state index in [0.717, 1.165) is 12.0 Å². The highest BCUT2D eigenvalue weighted by molar-refractivity contribution is 6.31. The Bertz CT molecular complexity index is 346. The molecular weight excluding hydrogens is 184 g/mol. The first-order chi connectivity index (χ1) is 6.18. The molecule has 1 saturated carbocycles. The van der Waals surface area contributed by atoms with Gasteiger partial charge in [-0.25, -0.2) is 0 Å². The van der Waals surface area contributed by atoms with E-state index >= 15 is 0 Å². The van der Waals surface area contributed by atoms with Crippen LogP contribution in [0.3, 0.4) is 0 Å². The van der Waals surface area contributed by atoms with E-state index in [4.69, 9.17) is 11.6 Å². The number of Topliss-reactive ketones (excluding diaryl/α,β-unsaturated/α-hetero) is 1. The maximum atomic E-state index is 11.7. The highest BCUT2D eigenvalue weighted by Gasteiger charge is 2.39. The van der Waals surface area contributed by atoms with Crippen molar-refractivity contribution in [2.45, 2.75) is 13.3 Å². The summed E-state index contributed by atoms with van der Waals surface area (Å²) in [6.45, 7) is 2.10. The highest BCUT2D eigenvalue weighted by atomic mass is 35.5. The van der Waals surface area contributed by atoms with Crippen molar-refractivity contribution in [2.24, 2.45) is 11.8 Å². The second-order valence-corrected chi connectivity index (χ2v) is 4.13. The standard InChI is InChI=1S/C11H11ClO/c1-7-5-10(7)11(13)8-3-2-4-9(12)6-8/h2-4,6-7,10H,5H2,1H3. The van der Waals surface area contributed by atoms with Crippen LogP contribution in [0.25, 0.3) is 0 Å². The molecule has 2 unspecified atom stereocenters. The summed E-state index contributed by atoms with van der Waals surface area (Å²) in [4.78, 5) is 11.7. The Labute approximate surface area is 82.7 Å². The van der Waals surface area contributed by atoms with E-state index in [2.05, 4.69) is 6.92 Å². The van der Waals surface area contributed by atoms with E-state index in [1.807, 2.05) is 12.1 Å². The Kier molecular flexibility index (Phi) is 2.12. The number of hydrogen-bond donors (Lipinski definition) is 0. The van der Waals surface area contributed by atoms with E-state index < -0.39 is 0 Å². The van der Waals surface area contributed by atoms with Crippen LogP contribution in [0, 0.1) is 11.8 Å². The van der Waals surface area contributed by atoms with Crippen LogP contribution < -0.4 is 0 Å². The molecule has 2 heteroatoms. The highest BCUT2D eigenvalue weighted by Crippen LogP contribution is 2.40. The van der Waals surface area contributed by atoms with Gasteiger partial charge in [0.25, 0.3) is 0 Å². The molecular formula is C11H11ClO. The van der Waals surface area contributed by atoms with Crippen molar-refractivity contribution in [2.75, 3.05) is 0 Å². The predicted molar refractivity (Wildman–Crippen MR) is 53.1 cm³/mol. The molecule has 0 saturated heterocycles. The van der Waals surface area contributed by atoms with Gasteiger partial charge in [-0.2, -0.15) is 0 Å². The Morgan fingerprint density at radius 2 is 2.23 bits per heavy atom. The van der Waals surface area contributed by atoms with Crippen molar-refractivity contribution < 1.29 is 4.79 Å². The van der Waals surface area contributed by atoms with Gasteiger partial charge in [0.15, 0.2) is 5.78 Å². The molecule has 1 aliphatic rings. The number of ketones is 1. The Morgan fingerprint density at radius 3 is 2.77 bits per heavy atom. The molecule has 1 aromatic carbocycles. The molecule has 0 aromatic heterocycles. The molecule has 0 spiro atoms. The number of carbonyl (C=O) groups excluding carboxylic acids is 1. The van der Waals surface area contributed by atoms with Crippen molar-refractivity contribution in [1.82, 2.24) is 0 Å². The van der Waals surface area contributed by atoms with Crippen LogP contribution in [-0.4, -0.2) is 5.78 Å². The average Bonchev–Trinajstić information content (AvgIpc) is 2.81. The molecule has 2 atom stereocenters. The molecule has 1 nitrogen and oxygen atoms in total. The number of benzene rings is 1. The number of halogens is 1. The van der Waals surface area contributed by atoms with Gasteiger partial charge in [0, 0.05) is 16.5 Å². The SMILES string of the molecule is CC1CC1C(=O)c1cccc(Cl)c1. The Hall–Kier alpha value is -0.820. The molecule has 0 amide bonds. The predicted octanol–water partition coefficient (Wildman–Crippen LogP) is 3.18. The molecule has 0 heterocycles.